The summed E-state index contributed by atoms with van der Waals surface area (Å²) in [6.07, 6.45) is 5.85. The molecule has 2 aromatic heterocycles. The van der Waals surface area contributed by atoms with E-state index in [-0.39, 0.29) is 0 Å². The number of hydrogen-bond donors (Lipinski definition) is 1. The molecule has 0 aromatic carbocycles. The Bertz CT molecular complexity index is 528. The topological polar surface area (TPSA) is 29.3 Å². The monoisotopic (exact) mass is 235 g/mol. The Balaban J connectivity index is 2.19. The van der Waals surface area contributed by atoms with Gasteiger partial charge in [0, 0.05) is 19.2 Å². The van der Waals surface area contributed by atoms with Crippen molar-refractivity contribution in [3.05, 3.63) is 29.3 Å². The minimum atomic E-state index is 0.590. The molecule has 2 heterocycles. The van der Waals surface area contributed by atoms with Gasteiger partial charge in [-0.3, -0.25) is 4.40 Å². The number of halogens is 1. The molecule has 4 heteroatoms. The first-order valence-corrected chi connectivity index (χ1v) is 6.02. The van der Waals surface area contributed by atoms with E-state index in [4.69, 9.17) is 11.6 Å². The second-order valence-electron chi connectivity index (χ2n) is 4.31. The predicted molar refractivity (Wildman–Crippen MR) is 66.3 cm³/mol. The van der Waals surface area contributed by atoms with Crippen molar-refractivity contribution in [3.8, 4) is 0 Å². The van der Waals surface area contributed by atoms with Crippen LogP contribution in [0.2, 0.25) is 5.15 Å². The van der Waals surface area contributed by atoms with Crippen molar-refractivity contribution in [1.29, 1.82) is 0 Å². The Hall–Kier alpha value is -1.22. The van der Waals surface area contributed by atoms with Gasteiger partial charge in [-0.15, -0.1) is 0 Å². The van der Waals surface area contributed by atoms with Gasteiger partial charge < -0.3 is 5.32 Å². The molecule has 0 spiro atoms. The zero-order valence-electron chi connectivity index (χ0n) is 9.20. The van der Waals surface area contributed by atoms with Gasteiger partial charge >= 0.3 is 0 Å². The molecule has 84 valence electrons. The predicted octanol–water partition coefficient (Wildman–Crippen LogP) is 3.30. The SMILES string of the molecule is CNc1ccc2c(Cl)nc(C3CCC3)n2c1. The second kappa shape index (κ2) is 3.67. The maximum Gasteiger partial charge on any atom is 0.155 e. The van der Waals surface area contributed by atoms with Crippen LogP contribution in [0.5, 0.6) is 0 Å². The van der Waals surface area contributed by atoms with Crippen LogP contribution < -0.4 is 5.32 Å². The van der Waals surface area contributed by atoms with Crippen LogP contribution in [0.4, 0.5) is 5.69 Å². The Morgan fingerprint density at radius 3 is 2.88 bits per heavy atom. The van der Waals surface area contributed by atoms with Gasteiger partial charge in [-0.25, -0.2) is 4.98 Å². The zero-order valence-corrected chi connectivity index (χ0v) is 9.96. The molecule has 0 saturated heterocycles. The highest BCUT2D eigenvalue weighted by molar-refractivity contribution is 6.32. The van der Waals surface area contributed by atoms with E-state index < -0.39 is 0 Å². The van der Waals surface area contributed by atoms with Crippen LogP contribution in [0.25, 0.3) is 5.52 Å². The van der Waals surface area contributed by atoms with Gasteiger partial charge in [-0.2, -0.15) is 0 Å². The van der Waals surface area contributed by atoms with E-state index in [9.17, 15) is 0 Å². The quantitative estimate of drug-likeness (QED) is 0.866. The van der Waals surface area contributed by atoms with E-state index in [2.05, 4.69) is 20.9 Å². The average molecular weight is 236 g/mol. The molecule has 3 nitrogen and oxygen atoms in total. The average Bonchev–Trinajstić information content (AvgIpc) is 2.54. The number of fused-ring (bicyclic) bond motifs is 1. The van der Waals surface area contributed by atoms with Crippen LogP contribution in [0.1, 0.15) is 31.0 Å². The summed E-state index contributed by atoms with van der Waals surface area (Å²) in [5.74, 6) is 1.70. The first-order valence-electron chi connectivity index (χ1n) is 5.65. The molecule has 3 rings (SSSR count). The first-order chi connectivity index (χ1) is 7.79. The molecule has 0 amide bonds. The molecule has 0 atom stereocenters. The number of hydrogen-bond acceptors (Lipinski definition) is 2. The number of anilines is 1. The Morgan fingerprint density at radius 1 is 1.44 bits per heavy atom. The van der Waals surface area contributed by atoms with Gasteiger partial charge in [0.05, 0.1) is 11.2 Å². The van der Waals surface area contributed by atoms with E-state index in [1.54, 1.807) is 0 Å². The van der Waals surface area contributed by atoms with Crippen LogP contribution in [-0.2, 0) is 0 Å². The molecule has 16 heavy (non-hydrogen) atoms. The fourth-order valence-corrected chi connectivity index (χ4v) is 2.41. The normalized spacial score (nSPS) is 16.4. The van der Waals surface area contributed by atoms with Crippen LogP contribution in [0.3, 0.4) is 0 Å². The summed E-state index contributed by atoms with van der Waals surface area (Å²) in [6.45, 7) is 0. The van der Waals surface area contributed by atoms with Crippen molar-refractivity contribution in [2.24, 2.45) is 0 Å². The largest absolute Gasteiger partial charge is 0.387 e. The van der Waals surface area contributed by atoms with Crippen LogP contribution in [-0.4, -0.2) is 16.4 Å². The summed E-state index contributed by atoms with van der Waals surface area (Å²) in [5, 5.41) is 3.75. The molecular formula is C12H14ClN3. The van der Waals surface area contributed by atoms with Crippen LogP contribution in [0.15, 0.2) is 18.3 Å². The fourth-order valence-electron chi connectivity index (χ4n) is 2.17. The van der Waals surface area contributed by atoms with E-state index in [0.29, 0.717) is 11.1 Å². The molecule has 2 aromatic rings. The minimum absolute atomic E-state index is 0.590. The van der Waals surface area contributed by atoms with E-state index in [0.717, 1.165) is 17.0 Å². The van der Waals surface area contributed by atoms with E-state index >= 15 is 0 Å². The molecule has 0 aliphatic heterocycles. The molecule has 0 unspecified atom stereocenters. The molecule has 0 radical (unpaired) electrons. The van der Waals surface area contributed by atoms with Gasteiger partial charge in [0.15, 0.2) is 5.15 Å². The highest BCUT2D eigenvalue weighted by Crippen LogP contribution is 2.37. The zero-order chi connectivity index (χ0) is 11.1. The van der Waals surface area contributed by atoms with E-state index in [1.165, 1.54) is 19.3 Å². The minimum Gasteiger partial charge on any atom is -0.387 e. The highest BCUT2D eigenvalue weighted by atomic mass is 35.5. The highest BCUT2D eigenvalue weighted by Gasteiger charge is 2.25. The summed E-state index contributed by atoms with van der Waals surface area (Å²) in [6, 6.07) is 4.04. The maximum atomic E-state index is 6.15. The number of aromatic nitrogens is 2. The lowest BCUT2D eigenvalue weighted by atomic mass is 9.85. The van der Waals surface area contributed by atoms with Gasteiger partial charge in [0.2, 0.25) is 0 Å². The number of rotatable bonds is 2. The third kappa shape index (κ3) is 1.39. The lowest BCUT2D eigenvalue weighted by Crippen LogP contribution is -2.12. The number of imidazole rings is 1. The van der Waals surface area contributed by atoms with Crippen molar-refractivity contribution < 1.29 is 0 Å². The smallest absolute Gasteiger partial charge is 0.155 e. The Labute approximate surface area is 99.4 Å². The molecule has 0 bridgehead atoms. The summed E-state index contributed by atoms with van der Waals surface area (Å²) in [7, 11) is 1.92. The molecule has 1 aliphatic rings. The molecule has 1 fully saturated rings. The third-order valence-electron chi connectivity index (χ3n) is 3.38. The number of nitrogens with one attached hydrogen (secondary N) is 1. The van der Waals surface area contributed by atoms with Crippen LogP contribution >= 0.6 is 11.6 Å². The summed E-state index contributed by atoms with van der Waals surface area (Å²) in [5.41, 5.74) is 2.09. The van der Waals surface area contributed by atoms with Crippen molar-refractivity contribution in [1.82, 2.24) is 9.38 Å². The summed E-state index contributed by atoms with van der Waals surface area (Å²) < 4.78 is 2.12. The molecule has 1 aliphatic carbocycles. The van der Waals surface area contributed by atoms with Crippen molar-refractivity contribution in [2.75, 3.05) is 12.4 Å². The molecule has 1 N–H and O–H groups in total. The first kappa shape index (κ1) is 9.97. The Kier molecular flexibility index (Phi) is 2.28. The van der Waals surface area contributed by atoms with E-state index in [1.807, 2.05) is 19.2 Å². The van der Waals surface area contributed by atoms with Gasteiger partial charge in [-0.05, 0) is 25.0 Å². The van der Waals surface area contributed by atoms with Crippen molar-refractivity contribution in [2.45, 2.75) is 25.2 Å². The summed E-state index contributed by atoms with van der Waals surface area (Å²) >= 11 is 6.15. The third-order valence-corrected chi connectivity index (χ3v) is 3.66. The van der Waals surface area contributed by atoms with Gasteiger partial charge in [-0.1, -0.05) is 18.0 Å². The number of nitrogens with zero attached hydrogens (tertiary/aromatic N) is 2. The summed E-state index contributed by atoms with van der Waals surface area (Å²) in [4.78, 5) is 4.49. The van der Waals surface area contributed by atoms with Crippen LogP contribution in [0, 0.1) is 0 Å². The maximum absolute atomic E-state index is 6.15. The molecular weight excluding hydrogens is 222 g/mol. The lowest BCUT2D eigenvalue weighted by Gasteiger charge is -2.24. The van der Waals surface area contributed by atoms with Gasteiger partial charge in [0.1, 0.15) is 5.82 Å². The fraction of sp³-hybridized carbons (Fsp3) is 0.417. The van der Waals surface area contributed by atoms with Gasteiger partial charge in [0.25, 0.3) is 0 Å². The van der Waals surface area contributed by atoms with Crippen molar-refractivity contribution in [3.63, 3.8) is 0 Å². The molecule has 1 saturated carbocycles. The number of pyridine rings is 1. The lowest BCUT2D eigenvalue weighted by molar-refractivity contribution is 0.400. The van der Waals surface area contributed by atoms with Crippen molar-refractivity contribution >= 4 is 22.8 Å². The standard InChI is InChI=1S/C12H14ClN3/c1-14-9-5-6-10-11(13)15-12(16(10)7-9)8-3-2-4-8/h5-8,14H,2-4H2,1H3. The Morgan fingerprint density at radius 2 is 2.25 bits per heavy atom. The second-order valence-corrected chi connectivity index (χ2v) is 4.67.